The van der Waals surface area contributed by atoms with E-state index in [2.05, 4.69) is 31.0 Å². The van der Waals surface area contributed by atoms with Crippen molar-refractivity contribution in [3.63, 3.8) is 0 Å². The molecule has 2 saturated heterocycles. The molecule has 3 atom stereocenters. The molecule has 2 aliphatic heterocycles. The number of likely N-dealkylation sites (tertiary alicyclic amines) is 1. The summed E-state index contributed by atoms with van der Waals surface area (Å²) in [5.74, 6) is 0.392. The van der Waals surface area contributed by atoms with E-state index in [1.165, 1.54) is 12.8 Å². The van der Waals surface area contributed by atoms with Crippen LogP contribution in [0, 0.1) is 11.3 Å². The summed E-state index contributed by atoms with van der Waals surface area (Å²) in [4.78, 5) is 2.54. The van der Waals surface area contributed by atoms with E-state index >= 15 is 0 Å². The maximum absolute atomic E-state index is 9.88. The molecule has 0 aromatic rings. The monoisotopic (exact) mass is 284 g/mol. The van der Waals surface area contributed by atoms with Gasteiger partial charge >= 0.3 is 0 Å². The van der Waals surface area contributed by atoms with Crippen LogP contribution in [0.25, 0.3) is 0 Å². The third kappa shape index (κ3) is 4.42. The molecule has 2 rings (SSSR count). The maximum atomic E-state index is 9.88. The Hall–Kier alpha value is -0.160. The topological polar surface area (TPSA) is 44.7 Å². The van der Waals surface area contributed by atoms with Crippen LogP contribution in [0.4, 0.5) is 0 Å². The molecule has 0 amide bonds. The lowest BCUT2D eigenvalue weighted by molar-refractivity contribution is -0.0442. The summed E-state index contributed by atoms with van der Waals surface area (Å²) in [6, 6.07) is 0.524. The van der Waals surface area contributed by atoms with E-state index in [-0.39, 0.29) is 11.5 Å². The highest BCUT2D eigenvalue weighted by molar-refractivity contribution is 4.90. The van der Waals surface area contributed by atoms with Crippen molar-refractivity contribution < 1.29 is 9.84 Å². The molecule has 4 nitrogen and oxygen atoms in total. The van der Waals surface area contributed by atoms with Crippen LogP contribution in [-0.4, -0.2) is 61.5 Å². The largest absolute Gasteiger partial charge is 0.393 e. The van der Waals surface area contributed by atoms with Crippen LogP contribution in [0.5, 0.6) is 0 Å². The van der Waals surface area contributed by atoms with Crippen LogP contribution in [0.2, 0.25) is 0 Å². The first-order valence-corrected chi connectivity index (χ1v) is 8.22. The highest BCUT2D eigenvalue weighted by atomic mass is 16.5. The van der Waals surface area contributed by atoms with Crippen molar-refractivity contribution in [2.45, 2.75) is 52.2 Å². The normalized spacial score (nSPS) is 36.5. The number of aliphatic hydroxyl groups is 1. The van der Waals surface area contributed by atoms with Gasteiger partial charge in [0.15, 0.2) is 0 Å². The number of hydrogen-bond acceptors (Lipinski definition) is 4. The van der Waals surface area contributed by atoms with Crippen LogP contribution in [0.15, 0.2) is 0 Å². The van der Waals surface area contributed by atoms with Gasteiger partial charge in [-0.3, -0.25) is 0 Å². The Balaban J connectivity index is 1.93. The predicted octanol–water partition coefficient (Wildman–Crippen LogP) is 1.48. The summed E-state index contributed by atoms with van der Waals surface area (Å²) < 4.78 is 5.79. The van der Waals surface area contributed by atoms with E-state index in [1.807, 2.05) is 0 Å². The Morgan fingerprint density at radius 2 is 2.25 bits per heavy atom. The van der Waals surface area contributed by atoms with Gasteiger partial charge in [-0.15, -0.1) is 0 Å². The van der Waals surface area contributed by atoms with Crippen molar-refractivity contribution in [2.75, 3.05) is 39.4 Å². The second-order valence-corrected chi connectivity index (χ2v) is 7.26. The van der Waals surface area contributed by atoms with Gasteiger partial charge in [-0.05, 0) is 25.2 Å². The highest BCUT2D eigenvalue weighted by Crippen LogP contribution is 2.31. The lowest BCUT2D eigenvalue weighted by atomic mass is 9.80. The number of hydrogen-bond donors (Lipinski definition) is 2. The molecule has 118 valence electrons. The van der Waals surface area contributed by atoms with E-state index in [0.29, 0.717) is 12.0 Å². The van der Waals surface area contributed by atoms with Gasteiger partial charge in [0, 0.05) is 44.2 Å². The summed E-state index contributed by atoms with van der Waals surface area (Å²) in [5, 5.41) is 13.5. The molecular formula is C16H32N2O2. The molecule has 0 spiro atoms. The second kappa shape index (κ2) is 7.21. The zero-order valence-corrected chi connectivity index (χ0v) is 13.4. The quantitative estimate of drug-likeness (QED) is 0.803. The first kappa shape index (κ1) is 16.2. The minimum Gasteiger partial charge on any atom is -0.393 e. The summed E-state index contributed by atoms with van der Waals surface area (Å²) >= 11 is 0. The minimum atomic E-state index is -0.112. The lowest BCUT2D eigenvalue weighted by Gasteiger charge is -2.44. The number of piperidine rings is 1. The van der Waals surface area contributed by atoms with Gasteiger partial charge in [-0.25, -0.2) is 0 Å². The summed E-state index contributed by atoms with van der Waals surface area (Å²) in [7, 11) is 0. The molecule has 2 aliphatic rings. The molecule has 20 heavy (non-hydrogen) atoms. The molecule has 2 heterocycles. The van der Waals surface area contributed by atoms with E-state index in [1.54, 1.807) is 0 Å². The lowest BCUT2D eigenvalue weighted by Crippen LogP contribution is -2.53. The Bertz CT molecular complexity index is 290. The SMILES string of the molecule is CC(C)NCC1(CN2CCC(O)C(C)C2)CCCOC1. The molecule has 0 aliphatic carbocycles. The molecule has 0 aromatic heterocycles. The zero-order valence-electron chi connectivity index (χ0n) is 13.4. The maximum Gasteiger partial charge on any atom is 0.0590 e. The van der Waals surface area contributed by atoms with Gasteiger partial charge in [0.25, 0.3) is 0 Å². The second-order valence-electron chi connectivity index (χ2n) is 7.26. The van der Waals surface area contributed by atoms with Crippen molar-refractivity contribution in [3.8, 4) is 0 Å². The Kier molecular flexibility index (Phi) is 5.84. The van der Waals surface area contributed by atoms with Gasteiger partial charge in [-0.1, -0.05) is 20.8 Å². The summed E-state index contributed by atoms with van der Waals surface area (Å²) in [5.41, 5.74) is 0.254. The fourth-order valence-corrected chi connectivity index (χ4v) is 3.49. The van der Waals surface area contributed by atoms with Crippen molar-refractivity contribution in [2.24, 2.45) is 11.3 Å². The highest BCUT2D eigenvalue weighted by Gasteiger charge is 2.36. The fraction of sp³-hybridized carbons (Fsp3) is 1.00. The van der Waals surface area contributed by atoms with Crippen LogP contribution >= 0.6 is 0 Å². The molecule has 4 heteroatoms. The molecule has 0 saturated carbocycles. The van der Waals surface area contributed by atoms with Crippen LogP contribution < -0.4 is 5.32 Å². The van der Waals surface area contributed by atoms with Gasteiger partial charge in [-0.2, -0.15) is 0 Å². The Labute approximate surface area is 123 Å². The fourth-order valence-electron chi connectivity index (χ4n) is 3.49. The van der Waals surface area contributed by atoms with Crippen molar-refractivity contribution in [3.05, 3.63) is 0 Å². The third-order valence-electron chi connectivity index (χ3n) is 4.79. The van der Waals surface area contributed by atoms with Crippen LogP contribution in [0.1, 0.15) is 40.0 Å². The zero-order chi connectivity index (χ0) is 14.6. The molecule has 2 N–H and O–H groups in total. The molecule has 0 bridgehead atoms. The molecular weight excluding hydrogens is 252 g/mol. The summed E-state index contributed by atoms with van der Waals surface area (Å²) in [6.45, 7) is 12.5. The average Bonchev–Trinajstić information content (AvgIpc) is 2.42. The smallest absolute Gasteiger partial charge is 0.0590 e. The van der Waals surface area contributed by atoms with Crippen molar-refractivity contribution in [1.29, 1.82) is 0 Å². The third-order valence-corrected chi connectivity index (χ3v) is 4.79. The summed E-state index contributed by atoms with van der Waals surface area (Å²) in [6.07, 6.45) is 3.22. The number of ether oxygens (including phenoxy) is 1. The van der Waals surface area contributed by atoms with Gasteiger partial charge in [0.05, 0.1) is 12.7 Å². The van der Waals surface area contributed by atoms with E-state index in [0.717, 1.165) is 45.8 Å². The Morgan fingerprint density at radius 1 is 1.45 bits per heavy atom. The van der Waals surface area contributed by atoms with E-state index in [9.17, 15) is 5.11 Å². The van der Waals surface area contributed by atoms with Crippen molar-refractivity contribution in [1.82, 2.24) is 10.2 Å². The molecule has 0 radical (unpaired) electrons. The number of rotatable bonds is 5. The number of nitrogens with one attached hydrogen (secondary N) is 1. The van der Waals surface area contributed by atoms with Crippen LogP contribution in [-0.2, 0) is 4.74 Å². The first-order chi connectivity index (χ1) is 9.51. The standard InChI is InChI=1S/C16H32N2O2/c1-13(2)17-10-16(6-4-8-20-12-16)11-18-7-5-15(19)14(3)9-18/h13-15,17,19H,4-12H2,1-3H3. The van der Waals surface area contributed by atoms with Gasteiger partial charge < -0.3 is 20.1 Å². The first-order valence-electron chi connectivity index (χ1n) is 8.22. The Morgan fingerprint density at radius 3 is 2.85 bits per heavy atom. The van der Waals surface area contributed by atoms with E-state index < -0.39 is 0 Å². The minimum absolute atomic E-state index is 0.112. The van der Waals surface area contributed by atoms with Crippen LogP contribution in [0.3, 0.4) is 0 Å². The van der Waals surface area contributed by atoms with Gasteiger partial charge in [0.2, 0.25) is 0 Å². The van der Waals surface area contributed by atoms with Gasteiger partial charge in [0.1, 0.15) is 0 Å². The molecule has 2 fully saturated rings. The molecule has 3 unspecified atom stereocenters. The van der Waals surface area contributed by atoms with E-state index in [4.69, 9.17) is 4.74 Å². The molecule has 0 aromatic carbocycles. The number of aliphatic hydroxyl groups excluding tert-OH is 1. The van der Waals surface area contributed by atoms with Crippen molar-refractivity contribution >= 4 is 0 Å². The number of nitrogens with zero attached hydrogens (tertiary/aromatic N) is 1. The average molecular weight is 284 g/mol. The predicted molar refractivity (Wildman–Crippen MR) is 81.9 cm³/mol.